The minimum atomic E-state index is -0.841. The lowest BCUT2D eigenvalue weighted by molar-refractivity contribution is -0.139. The maximum absolute atomic E-state index is 14.2. The minimum Gasteiger partial charge on any atom is -0.480 e. The van der Waals surface area contributed by atoms with Gasteiger partial charge >= 0.3 is 5.97 Å². The summed E-state index contributed by atoms with van der Waals surface area (Å²) >= 11 is 0. The van der Waals surface area contributed by atoms with Crippen molar-refractivity contribution in [3.63, 3.8) is 0 Å². The molecule has 1 aliphatic rings. The van der Waals surface area contributed by atoms with Gasteiger partial charge in [0.05, 0.1) is 18.0 Å². The van der Waals surface area contributed by atoms with Gasteiger partial charge in [-0.15, -0.1) is 0 Å². The molecule has 0 aliphatic heterocycles. The molecule has 1 atom stereocenters. The second kappa shape index (κ2) is 10.1. The van der Waals surface area contributed by atoms with Gasteiger partial charge in [0.2, 0.25) is 0 Å². The zero-order valence-electron chi connectivity index (χ0n) is 21.6. The fourth-order valence-electron chi connectivity index (χ4n) is 5.66. The highest BCUT2D eigenvalue weighted by molar-refractivity contribution is 6.00. The molecule has 0 unspecified atom stereocenters. The molecule has 5 aromatic rings. The number of nitrogen functional groups attached to an aromatic ring is 1. The Labute approximate surface area is 224 Å². The van der Waals surface area contributed by atoms with Crippen molar-refractivity contribution < 1.29 is 14.3 Å². The van der Waals surface area contributed by atoms with Crippen LogP contribution in [0.5, 0.6) is 0 Å². The third kappa shape index (κ3) is 4.72. The smallest absolute Gasteiger partial charge is 0.320 e. The number of rotatable bonds is 7. The number of hydrogen-bond acceptors (Lipinski definition) is 6. The Morgan fingerprint density at radius 2 is 1.95 bits per heavy atom. The summed E-state index contributed by atoms with van der Waals surface area (Å²) in [4.78, 5) is 20.0. The molecule has 1 saturated carbocycles. The van der Waals surface area contributed by atoms with Gasteiger partial charge in [-0.3, -0.25) is 4.79 Å². The Morgan fingerprint density at radius 3 is 2.72 bits per heavy atom. The number of nitrogens with zero attached hydrogens (tertiary/aromatic N) is 5. The summed E-state index contributed by atoms with van der Waals surface area (Å²) in [5.41, 5.74) is 10.3. The second-order valence-corrected chi connectivity index (χ2v) is 10.3. The van der Waals surface area contributed by atoms with Crippen LogP contribution in [-0.2, 0) is 11.3 Å². The molecular formula is C29H30FN7O2. The molecule has 6 rings (SSSR count). The Balaban J connectivity index is 1.31. The van der Waals surface area contributed by atoms with Crippen molar-refractivity contribution in [1.82, 2.24) is 29.6 Å². The maximum atomic E-state index is 14.2. The number of aliphatic carboxylic acids is 1. The van der Waals surface area contributed by atoms with Crippen LogP contribution in [0.4, 0.5) is 10.2 Å². The van der Waals surface area contributed by atoms with E-state index in [1.807, 2.05) is 39.7 Å². The molecule has 200 valence electrons. The van der Waals surface area contributed by atoms with Crippen LogP contribution in [0.1, 0.15) is 44.2 Å². The Hall–Kier alpha value is -4.31. The number of carbonyl (C=O) groups is 1. The van der Waals surface area contributed by atoms with E-state index in [2.05, 4.69) is 21.4 Å². The molecule has 0 radical (unpaired) electrons. The van der Waals surface area contributed by atoms with Gasteiger partial charge in [0.25, 0.3) is 0 Å². The number of aromatic nitrogens is 5. The first-order valence-electron chi connectivity index (χ1n) is 13.2. The summed E-state index contributed by atoms with van der Waals surface area (Å²) in [6.45, 7) is 2.11. The highest BCUT2D eigenvalue weighted by Gasteiger charge is 2.28. The number of nitrogens with one attached hydrogen (secondary N) is 1. The topological polar surface area (TPSA) is 124 Å². The number of carboxylic acids is 1. The number of halogens is 1. The largest absolute Gasteiger partial charge is 0.480 e. The van der Waals surface area contributed by atoms with Crippen molar-refractivity contribution >= 4 is 33.7 Å². The van der Waals surface area contributed by atoms with Gasteiger partial charge in [0, 0.05) is 34.3 Å². The van der Waals surface area contributed by atoms with E-state index in [4.69, 9.17) is 10.8 Å². The standard InChI is InChI=1S/C29H30FN7O2/c1-17(29(38)39)34-21-7-9-22(10-8-21)37-28-25(27(31)32-16-33-28)26(35-37)19-6-11-24-18(14-19)12-13-36(24)15-20-4-2-3-5-23(20)30/h2-6,11-14,16-17,21-22,34H,7-10,15H2,1H3,(H,38,39)(H2,31,32,33)/t17-,21?,22?/m1/s1. The van der Waals surface area contributed by atoms with Crippen LogP contribution in [-0.4, -0.2) is 47.5 Å². The number of hydrogen-bond donors (Lipinski definition) is 3. The fourth-order valence-corrected chi connectivity index (χ4v) is 5.66. The fraction of sp³-hybridized carbons (Fsp3) is 0.310. The molecule has 0 spiro atoms. The summed E-state index contributed by atoms with van der Waals surface area (Å²) in [6.07, 6.45) is 6.83. The van der Waals surface area contributed by atoms with Gasteiger partial charge in [-0.2, -0.15) is 5.10 Å². The van der Waals surface area contributed by atoms with E-state index in [9.17, 15) is 14.3 Å². The van der Waals surface area contributed by atoms with Gasteiger partial charge in [-0.05, 0) is 56.9 Å². The molecule has 4 N–H and O–H groups in total. The molecule has 9 nitrogen and oxygen atoms in total. The van der Waals surface area contributed by atoms with E-state index in [0.717, 1.165) is 53.2 Å². The van der Waals surface area contributed by atoms with Gasteiger partial charge in [-0.25, -0.2) is 19.0 Å². The first-order valence-corrected chi connectivity index (χ1v) is 13.2. The number of benzene rings is 2. The molecule has 3 aromatic heterocycles. The molecule has 10 heteroatoms. The molecule has 1 fully saturated rings. The molecule has 0 amide bonds. The number of nitrogens with two attached hydrogens (primary N) is 1. The highest BCUT2D eigenvalue weighted by atomic mass is 19.1. The quantitative estimate of drug-likeness (QED) is 0.279. The predicted octanol–water partition coefficient (Wildman–Crippen LogP) is 4.76. The van der Waals surface area contributed by atoms with E-state index in [0.29, 0.717) is 23.6 Å². The van der Waals surface area contributed by atoms with Crippen LogP contribution in [0.15, 0.2) is 61.1 Å². The van der Waals surface area contributed by atoms with Crippen LogP contribution < -0.4 is 11.1 Å². The molecule has 0 bridgehead atoms. The van der Waals surface area contributed by atoms with Crippen LogP contribution >= 0.6 is 0 Å². The van der Waals surface area contributed by atoms with Crippen molar-refractivity contribution in [2.75, 3.05) is 5.73 Å². The van der Waals surface area contributed by atoms with E-state index >= 15 is 0 Å². The molecule has 1 aliphatic carbocycles. The number of fused-ring (bicyclic) bond motifs is 2. The molecule has 3 heterocycles. The number of anilines is 1. The van der Waals surface area contributed by atoms with E-state index in [1.54, 1.807) is 19.1 Å². The zero-order valence-corrected chi connectivity index (χ0v) is 21.6. The van der Waals surface area contributed by atoms with E-state index < -0.39 is 12.0 Å². The van der Waals surface area contributed by atoms with Gasteiger partial charge < -0.3 is 20.7 Å². The zero-order chi connectivity index (χ0) is 27.1. The van der Waals surface area contributed by atoms with Gasteiger partial charge in [-0.1, -0.05) is 24.3 Å². The van der Waals surface area contributed by atoms with Crippen LogP contribution in [0.25, 0.3) is 33.2 Å². The highest BCUT2D eigenvalue weighted by Crippen LogP contribution is 2.37. The molecule has 2 aromatic carbocycles. The third-order valence-electron chi connectivity index (χ3n) is 7.76. The van der Waals surface area contributed by atoms with Crippen molar-refractivity contribution in [3.05, 3.63) is 72.4 Å². The average Bonchev–Trinajstić information content (AvgIpc) is 3.52. The summed E-state index contributed by atoms with van der Waals surface area (Å²) in [6, 6.07) is 14.6. The van der Waals surface area contributed by atoms with Crippen LogP contribution in [0, 0.1) is 5.82 Å². The second-order valence-electron chi connectivity index (χ2n) is 10.3. The minimum absolute atomic E-state index is 0.124. The normalized spacial score (nSPS) is 18.5. The number of carboxylic acid groups (broad SMARTS) is 1. The SMILES string of the molecule is C[C@@H](NC1CCC(n2nc(-c3ccc4c(ccn4Cc4ccccc4F)c3)c3c(N)ncnc32)CC1)C(=O)O. The summed E-state index contributed by atoms with van der Waals surface area (Å²) < 4.78 is 18.2. The lowest BCUT2D eigenvalue weighted by atomic mass is 9.91. The lowest BCUT2D eigenvalue weighted by Crippen LogP contribution is -2.43. The van der Waals surface area contributed by atoms with E-state index in [-0.39, 0.29) is 17.9 Å². The van der Waals surface area contributed by atoms with Crippen molar-refractivity contribution in [3.8, 4) is 11.3 Å². The lowest BCUT2D eigenvalue weighted by Gasteiger charge is -2.30. The van der Waals surface area contributed by atoms with Crippen molar-refractivity contribution in [1.29, 1.82) is 0 Å². The van der Waals surface area contributed by atoms with Crippen LogP contribution in [0.2, 0.25) is 0 Å². The first kappa shape index (κ1) is 25.0. The van der Waals surface area contributed by atoms with Crippen molar-refractivity contribution in [2.24, 2.45) is 0 Å². The Bertz CT molecular complexity index is 1670. The molecule has 39 heavy (non-hydrogen) atoms. The van der Waals surface area contributed by atoms with Crippen molar-refractivity contribution in [2.45, 2.75) is 57.3 Å². The summed E-state index contributed by atoms with van der Waals surface area (Å²) in [5.74, 6) is -0.680. The monoisotopic (exact) mass is 527 g/mol. The summed E-state index contributed by atoms with van der Waals surface area (Å²) in [5, 5.41) is 19.2. The van der Waals surface area contributed by atoms with Crippen LogP contribution in [0.3, 0.4) is 0 Å². The first-order chi connectivity index (χ1) is 18.9. The third-order valence-corrected chi connectivity index (χ3v) is 7.76. The van der Waals surface area contributed by atoms with E-state index in [1.165, 1.54) is 12.4 Å². The predicted molar refractivity (Wildman–Crippen MR) is 148 cm³/mol. The van der Waals surface area contributed by atoms with Gasteiger partial charge in [0.15, 0.2) is 5.65 Å². The van der Waals surface area contributed by atoms with Gasteiger partial charge in [0.1, 0.15) is 29.7 Å². The Kier molecular flexibility index (Phi) is 6.48. The molecule has 0 saturated heterocycles. The average molecular weight is 528 g/mol. The maximum Gasteiger partial charge on any atom is 0.320 e. The summed E-state index contributed by atoms with van der Waals surface area (Å²) in [7, 11) is 0. The molecular weight excluding hydrogens is 497 g/mol. The Morgan fingerprint density at radius 1 is 1.15 bits per heavy atom.